The maximum atomic E-state index is 14.2. The molecule has 25 heavy (non-hydrogen) atoms. The largest absolute Gasteiger partial charge is 0.326 e. The van der Waals surface area contributed by atoms with Gasteiger partial charge in [0, 0.05) is 22.6 Å². The van der Waals surface area contributed by atoms with Gasteiger partial charge in [-0.3, -0.25) is 9.89 Å². The molecule has 0 bridgehead atoms. The van der Waals surface area contributed by atoms with E-state index in [0.717, 1.165) is 12.8 Å². The van der Waals surface area contributed by atoms with Gasteiger partial charge in [-0.1, -0.05) is 18.2 Å². The van der Waals surface area contributed by atoms with Crippen molar-refractivity contribution in [2.24, 2.45) is 5.92 Å². The van der Waals surface area contributed by atoms with E-state index in [2.05, 4.69) is 15.5 Å². The van der Waals surface area contributed by atoms with E-state index in [1.54, 1.807) is 36.4 Å². The number of nitrogens with zero attached hydrogens (tertiary/aromatic N) is 1. The number of carbonyl (C=O) groups is 1. The average molecular weight is 339 g/mol. The van der Waals surface area contributed by atoms with Crippen molar-refractivity contribution in [3.8, 4) is 0 Å². The SMILES string of the molecule is O=C(Nc1cc(F)c2n[nH]c(/C=C/c3ccccc3F)c2c1)C1CC1. The summed E-state index contributed by atoms with van der Waals surface area (Å²) in [6, 6.07) is 9.29. The number of rotatable bonds is 4. The molecule has 3 aromatic rings. The maximum absolute atomic E-state index is 14.2. The lowest BCUT2D eigenvalue weighted by atomic mass is 10.1. The van der Waals surface area contributed by atoms with Crippen LogP contribution in [0.5, 0.6) is 0 Å². The minimum absolute atomic E-state index is 0.0310. The second kappa shape index (κ2) is 6.12. The van der Waals surface area contributed by atoms with Crippen molar-refractivity contribution in [3.63, 3.8) is 0 Å². The second-order valence-corrected chi connectivity index (χ2v) is 6.11. The van der Waals surface area contributed by atoms with E-state index >= 15 is 0 Å². The molecule has 0 atom stereocenters. The summed E-state index contributed by atoms with van der Waals surface area (Å²) < 4.78 is 27.9. The summed E-state index contributed by atoms with van der Waals surface area (Å²) in [5, 5.41) is 9.97. The number of aromatic amines is 1. The van der Waals surface area contributed by atoms with E-state index in [1.165, 1.54) is 12.1 Å². The molecule has 0 spiro atoms. The molecule has 2 N–H and O–H groups in total. The number of anilines is 1. The Kier molecular flexibility index (Phi) is 3.80. The minimum Gasteiger partial charge on any atom is -0.326 e. The number of hydrogen-bond acceptors (Lipinski definition) is 2. The normalized spacial score (nSPS) is 14.3. The van der Waals surface area contributed by atoms with Gasteiger partial charge in [0.05, 0.1) is 5.69 Å². The van der Waals surface area contributed by atoms with E-state index < -0.39 is 5.82 Å². The summed E-state index contributed by atoms with van der Waals surface area (Å²) in [7, 11) is 0. The number of hydrogen-bond donors (Lipinski definition) is 2. The van der Waals surface area contributed by atoms with Crippen molar-refractivity contribution in [1.82, 2.24) is 10.2 Å². The smallest absolute Gasteiger partial charge is 0.227 e. The molecule has 0 saturated heterocycles. The number of amides is 1. The van der Waals surface area contributed by atoms with E-state index in [-0.39, 0.29) is 23.2 Å². The molecule has 1 aromatic heterocycles. The molecule has 1 aliphatic carbocycles. The minimum atomic E-state index is -0.523. The molecule has 6 heteroatoms. The highest BCUT2D eigenvalue weighted by Gasteiger charge is 2.29. The third kappa shape index (κ3) is 3.15. The van der Waals surface area contributed by atoms with E-state index in [4.69, 9.17) is 0 Å². The first kappa shape index (κ1) is 15.5. The molecule has 4 rings (SSSR count). The van der Waals surface area contributed by atoms with Gasteiger partial charge in [0.15, 0.2) is 5.82 Å². The Hall–Kier alpha value is -3.02. The van der Waals surface area contributed by atoms with Crippen LogP contribution < -0.4 is 5.32 Å². The quantitative estimate of drug-likeness (QED) is 0.742. The van der Waals surface area contributed by atoms with Gasteiger partial charge in [-0.25, -0.2) is 8.78 Å². The first-order chi connectivity index (χ1) is 12.1. The van der Waals surface area contributed by atoms with Crippen LogP contribution in [-0.2, 0) is 4.79 Å². The number of halogens is 2. The molecule has 4 nitrogen and oxygen atoms in total. The summed E-state index contributed by atoms with van der Waals surface area (Å²) in [5.41, 5.74) is 1.53. The Morgan fingerprint density at radius 2 is 1.96 bits per heavy atom. The van der Waals surface area contributed by atoms with E-state index in [9.17, 15) is 13.6 Å². The first-order valence-electron chi connectivity index (χ1n) is 8.03. The van der Waals surface area contributed by atoms with E-state index in [0.29, 0.717) is 22.3 Å². The monoisotopic (exact) mass is 339 g/mol. The number of aromatic nitrogens is 2. The van der Waals surface area contributed by atoms with Gasteiger partial charge >= 0.3 is 0 Å². The molecule has 0 radical (unpaired) electrons. The molecule has 0 aliphatic heterocycles. The lowest BCUT2D eigenvalue weighted by Crippen LogP contribution is -2.13. The predicted octanol–water partition coefficient (Wildman–Crippen LogP) is 4.36. The highest BCUT2D eigenvalue weighted by molar-refractivity contribution is 5.98. The number of nitrogens with one attached hydrogen (secondary N) is 2. The third-order valence-electron chi connectivity index (χ3n) is 4.19. The predicted molar refractivity (Wildman–Crippen MR) is 92.7 cm³/mol. The van der Waals surface area contributed by atoms with Crippen LogP contribution in [0.15, 0.2) is 36.4 Å². The molecule has 1 amide bonds. The average Bonchev–Trinajstić information content (AvgIpc) is 3.36. The second-order valence-electron chi connectivity index (χ2n) is 6.11. The zero-order chi connectivity index (χ0) is 17.4. The zero-order valence-corrected chi connectivity index (χ0v) is 13.2. The van der Waals surface area contributed by atoms with Crippen LogP contribution in [0.4, 0.5) is 14.5 Å². The summed E-state index contributed by atoms with van der Waals surface area (Å²) in [6.07, 6.45) is 4.98. The summed E-state index contributed by atoms with van der Waals surface area (Å²) >= 11 is 0. The van der Waals surface area contributed by atoms with Gasteiger partial charge in [0.1, 0.15) is 11.3 Å². The van der Waals surface area contributed by atoms with Gasteiger partial charge in [0.25, 0.3) is 0 Å². The Labute approximate surface area is 142 Å². The van der Waals surface area contributed by atoms with Gasteiger partial charge in [-0.15, -0.1) is 0 Å². The van der Waals surface area contributed by atoms with Gasteiger partial charge in [-0.2, -0.15) is 5.10 Å². The number of fused-ring (bicyclic) bond motifs is 1. The van der Waals surface area contributed by atoms with Crippen molar-refractivity contribution < 1.29 is 13.6 Å². The Morgan fingerprint density at radius 3 is 2.72 bits per heavy atom. The third-order valence-corrected chi connectivity index (χ3v) is 4.19. The van der Waals surface area contributed by atoms with Crippen LogP contribution in [0.1, 0.15) is 24.1 Å². The van der Waals surface area contributed by atoms with Crippen molar-refractivity contribution >= 4 is 34.6 Å². The standard InChI is InChI=1S/C19H15F2N3O/c20-15-4-2-1-3-11(15)7-8-17-14-9-13(22-19(25)12-5-6-12)10-16(21)18(14)24-23-17/h1-4,7-10,12H,5-6H2,(H,22,25)(H,23,24)/b8-7+. The Morgan fingerprint density at radius 1 is 1.16 bits per heavy atom. The topological polar surface area (TPSA) is 57.8 Å². The van der Waals surface area contributed by atoms with Crippen LogP contribution in [0.2, 0.25) is 0 Å². The van der Waals surface area contributed by atoms with Crippen LogP contribution in [0.25, 0.3) is 23.1 Å². The lowest BCUT2D eigenvalue weighted by Gasteiger charge is -2.05. The van der Waals surface area contributed by atoms with Gasteiger partial charge < -0.3 is 5.32 Å². The summed E-state index contributed by atoms with van der Waals surface area (Å²) in [6.45, 7) is 0. The molecule has 1 fully saturated rings. The molecular weight excluding hydrogens is 324 g/mol. The highest BCUT2D eigenvalue weighted by atomic mass is 19.1. The summed E-state index contributed by atoms with van der Waals surface area (Å²) in [5.74, 6) is -0.925. The molecule has 1 heterocycles. The van der Waals surface area contributed by atoms with Crippen molar-refractivity contribution in [2.45, 2.75) is 12.8 Å². The molecule has 1 aliphatic rings. The fourth-order valence-electron chi connectivity index (χ4n) is 2.67. The fraction of sp³-hybridized carbons (Fsp3) is 0.158. The molecular formula is C19H15F2N3O. The molecule has 0 unspecified atom stereocenters. The van der Waals surface area contributed by atoms with Crippen molar-refractivity contribution in [1.29, 1.82) is 0 Å². The number of carbonyl (C=O) groups excluding carboxylic acids is 1. The van der Waals surface area contributed by atoms with E-state index in [1.807, 2.05) is 0 Å². The van der Waals surface area contributed by atoms with Crippen LogP contribution in [0, 0.1) is 17.6 Å². The molecule has 126 valence electrons. The first-order valence-corrected chi connectivity index (χ1v) is 8.03. The van der Waals surface area contributed by atoms with Gasteiger partial charge in [-0.05, 0) is 43.2 Å². The number of H-pyrrole nitrogens is 1. The zero-order valence-electron chi connectivity index (χ0n) is 13.2. The Balaban J connectivity index is 1.68. The fourth-order valence-corrected chi connectivity index (χ4v) is 2.67. The maximum Gasteiger partial charge on any atom is 0.227 e. The highest BCUT2D eigenvalue weighted by Crippen LogP contribution is 2.31. The van der Waals surface area contributed by atoms with Crippen molar-refractivity contribution in [3.05, 3.63) is 59.3 Å². The lowest BCUT2D eigenvalue weighted by molar-refractivity contribution is -0.117. The van der Waals surface area contributed by atoms with Gasteiger partial charge in [0.2, 0.25) is 5.91 Å². The van der Waals surface area contributed by atoms with Crippen molar-refractivity contribution in [2.75, 3.05) is 5.32 Å². The number of benzene rings is 2. The Bertz CT molecular complexity index is 989. The van der Waals surface area contributed by atoms with Crippen LogP contribution in [0.3, 0.4) is 0 Å². The molecule has 2 aromatic carbocycles. The van der Waals surface area contributed by atoms with Crippen LogP contribution in [-0.4, -0.2) is 16.1 Å². The van der Waals surface area contributed by atoms with Crippen LogP contribution >= 0.6 is 0 Å². The summed E-state index contributed by atoms with van der Waals surface area (Å²) in [4.78, 5) is 11.9. The molecule has 1 saturated carbocycles.